The molecule has 4 nitrogen and oxygen atoms in total. The largest absolute Gasteiger partial charge is 0.394 e. The molecule has 1 saturated heterocycles. The van der Waals surface area contributed by atoms with E-state index in [0.717, 1.165) is 0 Å². The lowest BCUT2D eigenvalue weighted by atomic mass is 9.85. The molecule has 5 atom stereocenters. The predicted octanol–water partition coefficient (Wildman–Crippen LogP) is 0.637. The number of aliphatic hydroxyl groups excluding tert-OH is 1. The average Bonchev–Trinajstić information content (AvgIpc) is 2.21. The fourth-order valence-corrected chi connectivity index (χ4v) is 2.04. The van der Waals surface area contributed by atoms with Gasteiger partial charge in [-0.3, -0.25) is 0 Å². The van der Waals surface area contributed by atoms with Gasteiger partial charge in [-0.15, -0.1) is 0 Å². The molecule has 0 radical (unpaired) electrons. The number of hydrogen-bond acceptors (Lipinski definition) is 4. The van der Waals surface area contributed by atoms with E-state index in [1.54, 1.807) is 14.2 Å². The second-order valence-corrected chi connectivity index (χ2v) is 3.88. The van der Waals surface area contributed by atoms with Crippen molar-refractivity contribution in [3.63, 3.8) is 0 Å². The number of hydrogen-bond donors (Lipinski definition) is 1. The summed E-state index contributed by atoms with van der Waals surface area (Å²) in [6, 6.07) is 0. The van der Waals surface area contributed by atoms with Gasteiger partial charge in [0, 0.05) is 20.1 Å². The second-order valence-electron chi connectivity index (χ2n) is 3.88. The summed E-state index contributed by atoms with van der Waals surface area (Å²) in [5, 5.41) is 9.15. The molecule has 1 heterocycles. The fourth-order valence-electron chi connectivity index (χ4n) is 2.04. The summed E-state index contributed by atoms with van der Waals surface area (Å²) in [5.74, 6) is 0.587. The van der Waals surface area contributed by atoms with Crippen molar-refractivity contribution in [3.8, 4) is 0 Å². The van der Waals surface area contributed by atoms with Crippen molar-refractivity contribution < 1.29 is 19.3 Å². The first-order chi connectivity index (χ1) is 6.65. The van der Waals surface area contributed by atoms with Gasteiger partial charge in [0.2, 0.25) is 0 Å². The third kappa shape index (κ3) is 2.08. The minimum Gasteiger partial charge on any atom is -0.394 e. The van der Waals surface area contributed by atoms with E-state index in [0.29, 0.717) is 5.92 Å². The SMILES string of the molecule is COC1OC(CO)C(OC)C(C)C1C. The summed E-state index contributed by atoms with van der Waals surface area (Å²) >= 11 is 0. The van der Waals surface area contributed by atoms with Gasteiger partial charge in [0.15, 0.2) is 6.29 Å². The van der Waals surface area contributed by atoms with E-state index in [1.165, 1.54) is 0 Å². The normalized spacial score (nSPS) is 43.9. The van der Waals surface area contributed by atoms with Crippen LogP contribution in [0.1, 0.15) is 13.8 Å². The lowest BCUT2D eigenvalue weighted by Crippen LogP contribution is -2.52. The summed E-state index contributed by atoms with van der Waals surface area (Å²) in [7, 11) is 3.27. The Morgan fingerprint density at radius 2 is 1.79 bits per heavy atom. The molecular formula is C10H20O4. The van der Waals surface area contributed by atoms with Gasteiger partial charge in [0.1, 0.15) is 6.10 Å². The minimum atomic E-state index is -0.281. The summed E-state index contributed by atoms with van der Waals surface area (Å²) in [6.45, 7) is 4.13. The van der Waals surface area contributed by atoms with E-state index in [2.05, 4.69) is 13.8 Å². The van der Waals surface area contributed by atoms with Crippen LogP contribution in [0.25, 0.3) is 0 Å². The van der Waals surface area contributed by atoms with Crippen LogP contribution in [0, 0.1) is 11.8 Å². The molecule has 1 fully saturated rings. The van der Waals surface area contributed by atoms with Gasteiger partial charge in [0.05, 0.1) is 12.7 Å². The molecule has 0 bridgehead atoms. The smallest absolute Gasteiger partial charge is 0.160 e. The minimum absolute atomic E-state index is 0.0323. The molecule has 0 aromatic heterocycles. The number of rotatable bonds is 3. The Balaban J connectivity index is 2.71. The van der Waals surface area contributed by atoms with Crippen molar-refractivity contribution in [1.82, 2.24) is 0 Å². The number of aliphatic hydroxyl groups is 1. The lowest BCUT2D eigenvalue weighted by molar-refractivity contribution is -0.264. The van der Waals surface area contributed by atoms with E-state index in [9.17, 15) is 0 Å². The van der Waals surface area contributed by atoms with Crippen molar-refractivity contribution in [3.05, 3.63) is 0 Å². The third-order valence-electron chi connectivity index (χ3n) is 3.14. The van der Waals surface area contributed by atoms with E-state index in [4.69, 9.17) is 19.3 Å². The summed E-state index contributed by atoms with van der Waals surface area (Å²) < 4.78 is 16.1. The van der Waals surface area contributed by atoms with Gasteiger partial charge in [-0.1, -0.05) is 13.8 Å². The van der Waals surface area contributed by atoms with Gasteiger partial charge in [-0.05, 0) is 5.92 Å². The first kappa shape index (κ1) is 11.9. The number of methoxy groups -OCH3 is 2. The molecule has 14 heavy (non-hydrogen) atoms. The molecular weight excluding hydrogens is 184 g/mol. The molecule has 84 valence electrons. The van der Waals surface area contributed by atoms with E-state index < -0.39 is 0 Å². The van der Waals surface area contributed by atoms with Crippen LogP contribution in [-0.2, 0) is 14.2 Å². The molecule has 4 heteroatoms. The van der Waals surface area contributed by atoms with Gasteiger partial charge in [-0.25, -0.2) is 0 Å². The quantitative estimate of drug-likeness (QED) is 0.732. The molecule has 1 N–H and O–H groups in total. The van der Waals surface area contributed by atoms with Crippen LogP contribution in [0.4, 0.5) is 0 Å². The van der Waals surface area contributed by atoms with Crippen LogP contribution < -0.4 is 0 Å². The first-order valence-electron chi connectivity index (χ1n) is 4.97. The Labute approximate surface area is 85.2 Å². The van der Waals surface area contributed by atoms with Crippen LogP contribution >= 0.6 is 0 Å². The molecule has 5 unspecified atom stereocenters. The first-order valence-corrected chi connectivity index (χ1v) is 4.97. The van der Waals surface area contributed by atoms with E-state index in [-0.39, 0.29) is 31.0 Å². The lowest BCUT2D eigenvalue weighted by Gasteiger charge is -2.42. The Morgan fingerprint density at radius 3 is 2.21 bits per heavy atom. The van der Waals surface area contributed by atoms with Crippen molar-refractivity contribution >= 4 is 0 Å². The topological polar surface area (TPSA) is 47.9 Å². The van der Waals surface area contributed by atoms with E-state index in [1.807, 2.05) is 0 Å². The molecule has 0 saturated carbocycles. The molecule has 0 spiro atoms. The third-order valence-corrected chi connectivity index (χ3v) is 3.14. The van der Waals surface area contributed by atoms with Gasteiger partial charge in [0.25, 0.3) is 0 Å². The molecule has 1 rings (SSSR count). The standard InChI is InChI=1S/C10H20O4/c1-6-7(2)10(13-4)14-8(5-11)9(6)12-3/h6-11H,5H2,1-4H3. The van der Waals surface area contributed by atoms with Gasteiger partial charge in [-0.2, -0.15) is 0 Å². The highest BCUT2D eigenvalue weighted by molar-refractivity contribution is 4.85. The van der Waals surface area contributed by atoms with Gasteiger partial charge < -0.3 is 19.3 Å². The van der Waals surface area contributed by atoms with Crippen LogP contribution in [0.15, 0.2) is 0 Å². The van der Waals surface area contributed by atoms with E-state index >= 15 is 0 Å². The monoisotopic (exact) mass is 204 g/mol. The highest BCUT2D eigenvalue weighted by Gasteiger charge is 2.41. The van der Waals surface area contributed by atoms with Crippen molar-refractivity contribution in [2.45, 2.75) is 32.3 Å². The molecule has 0 aromatic rings. The van der Waals surface area contributed by atoms with Gasteiger partial charge >= 0.3 is 0 Å². The molecule has 0 aliphatic carbocycles. The Bertz CT molecular complexity index is 172. The maximum absolute atomic E-state index is 9.15. The number of ether oxygens (including phenoxy) is 3. The molecule has 1 aliphatic heterocycles. The summed E-state index contributed by atoms with van der Waals surface area (Å²) in [6.07, 6.45) is -0.578. The zero-order valence-electron chi connectivity index (χ0n) is 9.27. The summed E-state index contributed by atoms with van der Waals surface area (Å²) in [4.78, 5) is 0. The van der Waals surface area contributed by atoms with Crippen molar-refractivity contribution in [1.29, 1.82) is 0 Å². The average molecular weight is 204 g/mol. The summed E-state index contributed by atoms with van der Waals surface area (Å²) in [5.41, 5.74) is 0. The van der Waals surface area contributed by atoms with Crippen LogP contribution in [-0.4, -0.2) is 44.4 Å². The molecule has 1 aliphatic rings. The highest BCUT2D eigenvalue weighted by atomic mass is 16.7. The zero-order valence-corrected chi connectivity index (χ0v) is 9.27. The molecule has 0 amide bonds. The van der Waals surface area contributed by atoms with Crippen LogP contribution in [0.3, 0.4) is 0 Å². The Morgan fingerprint density at radius 1 is 1.14 bits per heavy atom. The predicted molar refractivity (Wildman–Crippen MR) is 51.9 cm³/mol. The zero-order chi connectivity index (χ0) is 10.7. The second kappa shape index (κ2) is 5.07. The fraction of sp³-hybridized carbons (Fsp3) is 1.00. The Hall–Kier alpha value is -0.160. The van der Waals surface area contributed by atoms with Crippen molar-refractivity contribution in [2.75, 3.05) is 20.8 Å². The van der Waals surface area contributed by atoms with Crippen LogP contribution in [0.5, 0.6) is 0 Å². The maximum atomic E-state index is 9.15. The maximum Gasteiger partial charge on any atom is 0.160 e. The Kier molecular flexibility index (Phi) is 4.31. The van der Waals surface area contributed by atoms with Crippen LogP contribution in [0.2, 0.25) is 0 Å². The highest BCUT2D eigenvalue weighted by Crippen LogP contribution is 2.32. The van der Waals surface area contributed by atoms with Crippen molar-refractivity contribution in [2.24, 2.45) is 11.8 Å². The molecule has 0 aromatic carbocycles.